The van der Waals surface area contributed by atoms with Crippen molar-refractivity contribution in [2.75, 3.05) is 6.61 Å². The molecule has 0 spiro atoms. The van der Waals surface area contributed by atoms with Crippen LogP contribution in [0.25, 0.3) is 11.4 Å². The number of hydrogen-bond acceptors (Lipinski definition) is 5. The third kappa shape index (κ3) is 4.62. The number of aliphatic hydroxyl groups is 1. The highest BCUT2D eigenvalue weighted by molar-refractivity contribution is 9.10. The third-order valence-electron chi connectivity index (χ3n) is 3.19. The number of tetrazole rings is 1. The molecule has 0 aliphatic heterocycles. The minimum Gasteiger partial charge on any atom is -0.491 e. The van der Waals surface area contributed by atoms with Crippen LogP contribution in [0.3, 0.4) is 0 Å². The average molecular weight is 454 g/mol. The average Bonchev–Trinajstić information content (AvgIpc) is 3.03. The Morgan fingerprint density at radius 3 is 2.29 bits per heavy atom. The molecule has 124 valence electrons. The smallest absolute Gasteiger partial charge is 0.204 e. The highest BCUT2D eigenvalue weighted by Gasteiger charge is 2.11. The van der Waals surface area contributed by atoms with E-state index in [-0.39, 0.29) is 13.2 Å². The summed E-state index contributed by atoms with van der Waals surface area (Å²) in [6, 6.07) is 15.0. The molecule has 0 fully saturated rings. The molecule has 3 rings (SSSR count). The Hall–Kier alpha value is -1.77. The van der Waals surface area contributed by atoms with E-state index < -0.39 is 6.10 Å². The minimum atomic E-state index is -0.736. The quantitative estimate of drug-likeness (QED) is 0.619. The highest BCUT2D eigenvalue weighted by atomic mass is 79.9. The number of halogens is 2. The molecular weight excluding hydrogens is 440 g/mol. The van der Waals surface area contributed by atoms with Crippen molar-refractivity contribution in [1.82, 2.24) is 20.2 Å². The predicted molar refractivity (Wildman–Crippen MR) is 96.6 cm³/mol. The maximum atomic E-state index is 10.1. The van der Waals surface area contributed by atoms with Gasteiger partial charge in [-0.25, -0.2) is 0 Å². The summed E-state index contributed by atoms with van der Waals surface area (Å²) in [5.74, 6) is 1.21. The topological polar surface area (TPSA) is 73.1 Å². The molecule has 2 aromatic carbocycles. The number of hydrogen-bond donors (Lipinski definition) is 1. The van der Waals surface area contributed by atoms with E-state index in [4.69, 9.17) is 4.74 Å². The van der Waals surface area contributed by atoms with E-state index >= 15 is 0 Å². The minimum absolute atomic E-state index is 0.150. The van der Waals surface area contributed by atoms with Gasteiger partial charge in [0.25, 0.3) is 0 Å². The Labute approximate surface area is 155 Å². The molecule has 0 aliphatic carbocycles. The van der Waals surface area contributed by atoms with Gasteiger partial charge in [-0.2, -0.15) is 4.80 Å². The fraction of sp³-hybridized carbons (Fsp3) is 0.188. The molecule has 1 heterocycles. The molecule has 1 atom stereocenters. The van der Waals surface area contributed by atoms with E-state index in [1.807, 2.05) is 48.5 Å². The molecule has 24 heavy (non-hydrogen) atoms. The molecule has 1 aromatic heterocycles. The Bertz CT molecular complexity index is 791. The first-order valence-corrected chi connectivity index (χ1v) is 8.79. The van der Waals surface area contributed by atoms with E-state index in [9.17, 15) is 5.11 Å². The summed E-state index contributed by atoms with van der Waals surface area (Å²) in [7, 11) is 0. The molecule has 0 saturated heterocycles. The van der Waals surface area contributed by atoms with Gasteiger partial charge < -0.3 is 9.84 Å². The van der Waals surface area contributed by atoms with Crippen LogP contribution in [-0.2, 0) is 6.54 Å². The zero-order valence-corrected chi connectivity index (χ0v) is 15.7. The second-order valence-corrected chi connectivity index (χ2v) is 6.92. The van der Waals surface area contributed by atoms with Crippen molar-refractivity contribution >= 4 is 31.9 Å². The van der Waals surface area contributed by atoms with E-state index in [0.717, 1.165) is 14.5 Å². The zero-order chi connectivity index (χ0) is 16.9. The monoisotopic (exact) mass is 452 g/mol. The van der Waals surface area contributed by atoms with Gasteiger partial charge in [0, 0.05) is 14.5 Å². The van der Waals surface area contributed by atoms with Gasteiger partial charge in [0.15, 0.2) is 0 Å². The molecule has 1 N–H and O–H groups in total. The summed E-state index contributed by atoms with van der Waals surface area (Å²) in [5.41, 5.74) is 0.866. The van der Waals surface area contributed by atoms with Crippen LogP contribution in [0.4, 0.5) is 0 Å². The van der Waals surface area contributed by atoms with Crippen LogP contribution < -0.4 is 4.74 Å². The van der Waals surface area contributed by atoms with Crippen molar-refractivity contribution in [1.29, 1.82) is 0 Å². The highest BCUT2D eigenvalue weighted by Crippen LogP contribution is 2.18. The Morgan fingerprint density at radius 1 is 1.00 bits per heavy atom. The molecule has 3 aromatic rings. The second-order valence-electron chi connectivity index (χ2n) is 5.09. The lowest BCUT2D eigenvalue weighted by molar-refractivity contribution is 0.0850. The largest absolute Gasteiger partial charge is 0.491 e. The van der Waals surface area contributed by atoms with Gasteiger partial charge in [-0.1, -0.05) is 31.9 Å². The van der Waals surface area contributed by atoms with Gasteiger partial charge in [-0.15, -0.1) is 10.2 Å². The van der Waals surface area contributed by atoms with Crippen molar-refractivity contribution in [2.45, 2.75) is 12.6 Å². The van der Waals surface area contributed by atoms with Crippen LogP contribution in [-0.4, -0.2) is 38.0 Å². The van der Waals surface area contributed by atoms with Crippen molar-refractivity contribution in [2.24, 2.45) is 0 Å². The summed E-state index contributed by atoms with van der Waals surface area (Å²) in [6.45, 7) is 0.358. The number of aromatic nitrogens is 4. The van der Waals surface area contributed by atoms with E-state index in [2.05, 4.69) is 47.3 Å². The molecule has 0 radical (unpaired) electrons. The van der Waals surface area contributed by atoms with Gasteiger partial charge in [0.05, 0.1) is 6.54 Å². The standard InChI is InChI=1S/C16H14Br2N4O2/c17-12-3-1-11(2-4-12)16-19-21-22(20-16)9-14(23)10-24-15-7-5-13(18)6-8-15/h1-8,14,23H,9-10H2. The zero-order valence-electron chi connectivity index (χ0n) is 12.5. The summed E-state index contributed by atoms with van der Waals surface area (Å²) >= 11 is 6.75. The summed E-state index contributed by atoms with van der Waals surface area (Å²) in [5, 5.41) is 22.3. The first-order valence-electron chi connectivity index (χ1n) is 7.20. The van der Waals surface area contributed by atoms with Crippen LogP contribution in [0, 0.1) is 0 Å². The SMILES string of the molecule is OC(COc1ccc(Br)cc1)Cn1nnc(-c2ccc(Br)cc2)n1. The van der Waals surface area contributed by atoms with Gasteiger partial charge in [-0.3, -0.25) is 0 Å². The first kappa shape index (κ1) is 17.1. The maximum absolute atomic E-state index is 10.1. The molecule has 0 bridgehead atoms. The van der Waals surface area contributed by atoms with Crippen LogP contribution in [0.5, 0.6) is 5.75 Å². The molecule has 1 unspecified atom stereocenters. The molecular formula is C16H14Br2N4O2. The van der Waals surface area contributed by atoms with Gasteiger partial charge in [0.1, 0.15) is 18.5 Å². The van der Waals surface area contributed by atoms with Crippen molar-refractivity contribution in [3.63, 3.8) is 0 Å². The van der Waals surface area contributed by atoms with Crippen molar-refractivity contribution < 1.29 is 9.84 Å². The van der Waals surface area contributed by atoms with E-state index in [1.165, 1.54) is 4.80 Å². The molecule has 6 nitrogen and oxygen atoms in total. The normalized spacial score (nSPS) is 12.1. The van der Waals surface area contributed by atoms with Crippen molar-refractivity contribution in [3.05, 3.63) is 57.5 Å². The summed E-state index contributed by atoms with van der Waals surface area (Å²) < 4.78 is 7.49. The van der Waals surface area contributed by atoms with Crippen LogP contribution in [0.1, 0.15) is 0 Å². The summed E-state index contributed by atoms with van der Waals surface area (Å²) in [4.78, 5) is 1.37. The molecule has 0 amide bonds. The number of aliphatic hydroxyl groups excluding tert-OH is 1. The van der Waals surface area contributed by atoms with Gasteiger partial charge in [0.2, 0.25) is 5.82 Å². The fourth-order valence-electron chi connectivity index (χ4n) is 2.00. The predicted octanol–water partition coefficient (Wildman–Crippen LogP) is 3.31. The van der Waals surface area contributed by atoms with Gasteiger partial charge >= 0.3 is 0 Å². The van der Waals surface area contributed by atoms with E-state index in [0.29, 0.717) is 11.6 Å². The molecule has 8 heteroatoms. The van der Waals surface area contributed by atoms with E-state index in [1.54, 1.807) is 0 Å². The fourth-order valence-corrected chi connectivity index (χ4v) is 2.53. The number of rotatable bonds is 6. The van der Waals surface area contributed by atoms with Crippen molar-refractivity contribution in [3.8, 4) is 17.1 Å². The number of benzene rings is 2. The lowest BCUT2D eigenvalue weighted by atomic mass is 10.2. The lowest BCUT2D eigenvalue weighted by Gasteiger charge is -2.11. The summed E-state index contributed by atoms with van der Waals surface area (Å²) in [6.07, 6.45) is -0.736. The number of ether oxygens (including phenoxy) is 1. The Kier molecular flexibility index (Phi) is 5.60. The maximum Gasteiger partial charge on any atom is 0.204 e. The molecule has 0 saturated carbocycles. The van der Waals surface area contributed by atoms with Crippen LogP contribution in [0.15, 0.2) is 57.5 Å². The number of nitrogens with zero attached hydrogens (tertiary/aromatic N) is 4. The molecule has 0 aliphatic rings. The first-order chi connectivity index (χ1) is 11.6. The van der Waals surface area contributed by atoms with Crippen LogP contribution in [0.2, 0.25) is 0 Å². The van der Waals surface area contributed by atoms with Gasteiger partial charge in [-0.05, 0) is 53.7 Å². The third-order valence-corrected chi connectivity index (χ3v) is 4.24. The Balaban J connectivity index is 1.55. The van der Waals surface area contributed by atoms with Crippen LogP contribution >= 0.6 is 31.9 Å². The second kappa shape index (κ2) is 7.87. The Morgan fingerprint density at radius 2 is 1.62 bits per heavy atom. The lowest BCUT2D eigenvalue weighted by Crippen LogP contribution is -2.24.